The lowest BCUT2D eigenvalue weighted by Gasteiger charge is -2.12. The molecule has 0 fully saturated rings. The monoisotopic (exact) mass is 319 g/mol. The van der Waals surface area contributed by atoms with Gasteiger partial charge in [0.25, 0.3) is 5.91 Å². The molecule has 0 spiro atoms. The summed E-state index contributed by atoms with van der Waals surface area (Å²) in [5, 5.41) is 4.51. The van der Waals surface area contributed by atoms with Gasteiger partial charge >= 0.3 is 0 Å². The van der Waals surface area contributed by atoms with Crippen LogP contribution in [-0.2, 0) is 0 Å². The average molecular weight is 319 g/mol. The second-order valence-electron chi connectivity index (χ2n) is 6.25. The van der Waals surface area contributed by atoms with Gasteiger partial charge in [-0.1, -0.05) is 47.5 Å². The number of aromatic nitrogens is 2. The van der Waals surface area contributed by atoms with E-state index in [4.69, 9.17) is 5.73 Å². The van der Waals surface area contributed by atoms with Gasteiger partial charge in [-0.3, -0.25) is 4.79 Å². The molecule has 1 aromatic heterocycles. The normalized spacial score (nSPS) is 10.8. The van der Waals surface area contributed by atoms with E-state index in [2.05, 4.69) is 30.2 Å². The molecule has 2 aromatic carbocycles. The third-order valence-electron chi connectivity index (χ3n) is 4.26. The first-order valence-electron chi connectivity index (χ1n) is 7.92. The van der Waals surface area contributed by atoms with Gasteiger partial charge in [-0.2, -0.15) is 5.10 Å². The molecule has 24 heavy (non-hydrogen) atoms. The van der Waals surface area contributed by atoms with E-state index in [1.54, 1.807) is 0 Å². The lowest BCUT2D eigenvalue weighted by molar-refractivity contribution is 0.0994. The van der Waals surface area contributed by atoms with E-state index in [1.807, 2.05) is 49.7 Å². The summed E-state index contributed by atoms with van der Waals surface area (Å²) in [5.41, 5.74) is 13.0. The van der Waals surface area contributed by atoms with Crippen molar-refractivity contribution >= 4 is 5.91 Å². The minimum Gasteiger partial charge on any atom is -0.364 e. The van der Waals surface area contributed by atoms with Crippen molar-refractivity contribution in [2.75, 3.05) is 0 Å². The van der Waals surface area contributed by atoms with Crippen molar-refractivity contribution in [1.29, 1.82) is 0 Å². The number of amides is 1. The molecular formula is C20H21N3O. The van der Waals surface area contributed by atoms with Crippen LogP contribution < -0.4 is 5.73 Å². The number of carbonyl (C=O) groups is 1. The fourth-order valence-electron chi connectivity index (χ4n) is 3.00. The Labute approximate surface area is 141 Å². The van der Waals surface area contributed by atoms with Crippen LogP contribution in [0.5, 0.6) is 0 Å². The van der Waals surface area contributed by atoms with E-state index < -0.39 is 5.91 Å². The summed E-state index contributed by atoms with van der Waals surface area (Å²) < 4.78 is 1.83. The molecule has 2 N–H and O–H groups in total. The molecule has 0 aliphatic heterocycles. The van der Waals surface area contributed by atoms with Crippen LogP contribution >= 0.6 is 0 Å². The Morgan fingerprint density at radius 1 is 0.958 bits per heavy atom. The molecule has 3 rings (SSSR count). The second kappa shape index (κ2) is 5.96. The van der Waals surface area contributed by atoms with Gasteiger partial charge in [0.15, 0.2) is 5.69 Å². The Morgan fingerprint density at radius 3 is 2.17 bits per heavy atom. The first-order valence-corrected chi connectivity index (χ1v) is 7.92. The molecule has 0 radical (unpaired) electrons. The Morgan fingerprint density at radius 2 is 1.58 bits per heavy atom. The van der Waals surface area contributed by atoms with Crippen LogP contribution in [0.25, 0.3) is 16.9 Å². The number of rotatable bonds is 3. The quantitative estimate of drug-likeness (QED) is 0.796. The largest absolute Gasteiger partial charge is 0.364 e. The van der Waals surface area contributed by atoms with E-state index in [0.29, 0.717) is 5.69 Å². The lowest BCUT2D eigenvalue weighted by Crippen LogP contribution is -2.13. The predicted octanol–water partition coefficient (Wildman–Crippen LogP) is 3.87. The van der Waals surface area contributed by atoms with Gasteiger partial charge in [0.2, 0.25) is 0 Å². The Balaban J connectivity index is 2.30. The van der Waals surface area contributed by atoms with Crippen LogP contribution in [0.4, 0.5) is 0 Å². The average Bonchev–Trinajstić information content (AvgIpc) is 2.86. The number of hydrogen-bond acceptors (Lipinski definition) is 2. The fourth-order valence-corrected chi connectivity index (χ4v) is 3.00. The first kappa shape index (κ1) is 16.0. The number of nitrogens with zero attached hydrogens (tertiary/aromatic N) is 2. The van der Waals surface area contributed by atoms with Crippen LogP contribution in [0, 0.1) is 27.7 Å². The first-order chi connectivity index (χ1) is 11.4. The zero-order valence-corrected chi connectivity index (χ0v) is 14.4. The topological polar surface area (TPSA) is 60.9 Å². The smallest absolute Gasteiger partial charge is 0.269 e. The van der Waals surface area contributed by atoms with Crippen molar-refractivity contribution in [3.05, 3.63) is 70.4 Å². The molecule has 0 unspecified atom stereocenters. The van der Waals surface area contributed by atoms with Gasteiger partial charge < -0.3 is 5.73 Å². The molecule has 1 amide bonds. The summed E-state index contributed by atoms with van der Waals surface area (Å²) in [7, 11) is 0. The highest BCUT2D eigenvalue weighted by Crippen LogP contribution is 2.30. The van der Waals surface area contributed by atoms with Crippen molar-refractivity contribution in [2.24, 2.45) is 5.73 Å². The van der Waals surface area contributed by atoms with Gasteiger partial charge in [-0.05, 0) is 39.3 Å². The number of nitrogens with two attached hydrogens (primary N) is 1. The summed E-state index contributed by atoms with van der Waals surface area (Å²) in [6.45, 7) is 8.04. The van der Waals surface area contributed by atoms with E-state index in [1.165, 1.54) is 11.1 Å². The Bertz CT molecular complexity index is 921. The maximum absolute atomic E-state index is 11.8. The number of benzene rings is 2. The predicted molar refractivity (Wildman–Crippen MR) is 96.5 cm³/mol. The number of hydrogen-bond donors (Lipinski definition) is 1. The Kier molecular flexibility index (Phi) is 3.97. The van der Waals surface area contributed by atoms with Crippen LogP contribution in [-0.4, -0.2) is 15.7 Å². The maximum atomic E-state index is 11.8. The molecule has 0 aliphatic rings. The molecule has 3 aromatic rings. The molecule has 0 bridgehead atoms. The van der Waals surface area contributed by atoms with Crippen molar-refractivity contribution in [3.8, 4) is 16.9 Å². The highest BCUT2D eigenvalue weighted by atomic mass is 16.1. The summed E-state index contributed by atoms with van der Waals surface area (Å²) >= 11 is 0. The summed E-state index contributed by atoms with van der Waals surface area (Å²) in [5.74, 6) is -0.510. The van der Waals surface area contributed by atoms with Crippen LogP contribution in [0.1, 0.15) is 32.7 Å². The number of carbonyl (C=O) groups excluding carboxylic acids is 1. The third-order valence-corrected chi connectivity index (χ3v) is 4.26. The molecule has 4 nitrogen and oxygen atoms in total. The van der Waals surface area contributed by atoms with Gasteiger partial charge in [0.05, 0.1) is 11.4 Å². The van der Waals surface area contributed by atoms with Crippen LogP contribution in [0.3, 0.4) is 0 Å². The SMILES string of the molecule is Cc1ccc(-c2c(C)c(C(N)=O)nn2-c2ccc(C)cc2C)cc1. The van der Waals surface area contributed by atoms with Crippen LogP contribution in [0.15, 0.2) is 42.5 Å². The number of primary amides is 1. The summed E-state index contributed by atoms with van der Waals surface area (Å²) in [6.07, 6.45) is 0. The molecule has 122 valence electrons. The van der Waals surface area contributed by atoms with Crippen molar-refractivity contribution < 1.29 is 4.79 Å². The van der Waals surface area contributed by atoms with E-state index in [9.17, 15) is 4.79 Å². The van der Waals surface area contributed by atoms with Crippen molar-refractivity contribution in [1.82, 2.24) is 9.78 Å². The molecule has 0 atom stereocenters. The highest BCUT2D eigenvalue weighted by molar-refractivity contribution is 5.94. The van der Waals surface area contributed by atoms with E-state index in [0.717, 1.165) is 28.1 Å². The lowest BCUT2D eigenvalue weighted by atomic mass is 10.0. The molecule has 0 aliphatic carbocycles. The molecule has 1 heterocycles. The van der Waals surface area contributed by atoms with Crippen molar-refractivity contribution in [2.45, 2.75) is 27.7 Å². The summed E-state index contributed by atoms with van der Waals surface area (Å²) in [4.78, 5) is 11.8. The molecule has 4 heteroatoms. The zero-order chi connectivity index (χ0) is 17.4. The van der Waals surface area contributed by atoms with Gasteiger partial charge in [0.1, 0.15) is 0 Å². The number of aryl methyl sites for hydroxylation is 3. The summed E-state index contributed by atoms with van der Waals surface area (Å²) in [6, 6.07) is 14.4. The van der Waals surface area contributed by atoms with Gasteiger partial charge in [0, 0.05) is 11.1 Å². The molecular weight excluding hydrogens is 298 g/mol. The van der Waals surface area contributed by atoms with Crippen LogP contribution in [0.2, 0.25) is 0 Å². The second-order valence-corrected chi connectivity index (χ2v) is 6.25. The zero-order valence-electron chi connectivity index (χ0n) is 14.4. The fraction of sp³-hybridized carbons (Fsp3) is 0.200. The van der Waals surface area contributed by atoms with Gasteiger partial charge in [-0.25, -0.2) is 4.68 Å². The van der Waals surface area contributed by atoms with E-state index in [-0.39, 0.29) is 0 Å². The Hall–Kier alpha value is -2.88. The molecule has 0 saturated carbocycles. The van der Waals surface area contributed by atoms with E-state index >= 15 is 0 Å². The highest BCUT2D eigenvalue weighted by Gasteiger charge is 2.21. The molecule has 0 saturated heterocycles. The van der Waals surface area contributed by atoms with Crippen molar-refractivity contribution in [3.63, 3.8) is 0 Å². The third kappa shape index (κ3) is 2.71. The minimum absolute atomic E-state index is 0.311. The maximum Gasteiger partial charge on any atom is 0.269 e. The van der Waals surface area contributed by atoms with Gasteiger partial charge in [-0.15, -0.1) is 0 Å². The minimum atomic E-state index is -0.510. The standard InChI is InChI=1S/C20H21N3O/c1-12-5-8-16(9-6-12)19-15(4)18(20(21)24)22-23(19)17-10-7-13(2)11-14(17)3/h5-11H,1-4H3,(H2,21,24).